The molecule has 1 unspecified atom stereocenters. The first-order valence-corrected chi connectivity index (χ1v) is 14.6. The lowest BCUT2D eigenvalue weighted by molar-refractivity contribution is -0.119. The lowest BCUT2D eigenvalue weighted by Gasteiger charge is -2.30. The highest BCUT2D eigenvalue weighted by Crippen LogP contribution is 2.48. The zero-order chi connectivity index (χ0) is 24.4. The van der Waals surface area contributed by atoms with E-state index in [2.05, 4.69) is 14.9 Å². The van der Waals surface area contributed by atoms with Gasteiger partial charge in [0.15, 0.2) is 0 Å². The standard InChI is InChI=1S/C26H35F2N3O2S2/c1-17-29-15-22(34-17)13-21(32)12-19-4-2-18(3-5-19)6-9-31-10-7-23-24(8-11-31)35-25(30-23)33-16-20-14-26(20,27)28/h15,18-20H,2-14,16H2,1H3. The molecule has 5 nitrogen and oxygen atoms in total. The average molecular weight is 524 g/mol. The largest absolute Gasteiger partial charge is 0.469 e. The van der Waals surface area contributed by atoms with Gasteiger partial charge in [0.25, 0.3) is 11.1 Å². The predicted octanol–water partition coefficient (Wildman–Crippen LogP) is 5.74. The van der Waals surface area contributed by atoms with Gasteiger partial charge in [-0.05, 0) is 51.0 Å². The fraction of sp³-hybridized carbons (Fsp3) is 0.731. The Balaban J connectivity index is 0.981. The summed E-state index contributed by atoms with van der Waals surface area (Å²) in [5.74, 6) is -1.49. The molecule has 192 valence electrons. The third-order valence-corrected chi connectivity index (χ3v) is 9.80. The second-order valence-electron chi connectivity index (χ2n) is 10.6. The minimum absolute atomic E-state index is 0.0555. The fourth-order valence-electron chi connectivity index (χ4n) is 5.46. The third kappa shape index (κ3) is 6.86. The van der Waals surface area contributed by atoms with Gasteiger partial charge in [-0.3, -0.25) is 4.79 Å². The van der Waals surface area contributed by atoms with Crippen molar-refractivity contribution in [3.05, 3.63) is 26.7 Å². The summed E-state index contributed by atoms with van der Waals surface area (Å²) in [5, 5.41) is 1.59. The van der Waals surface area contributed by atoms with Crippen LogP contribution in [0.1, 0.15) is 65.4 Å². The normalized spacial score (nSPS) is 26.2. The minimum atomic E-state index is -2.53. The van der Waals surface area contributed by atoms with Crippen LogP contribution in [0.3, 0.4) is 0 Å². The van der Waals surface area contributed by atoms with E-state index in [-0.39, 0.29) is 13.0 Å². The molecule has 0 saturated heterocycles. The number of ketones is 1. The van der Waals surface area contributed by atoms with Crippen molar-refractivity contribution < 1.29 is 18.3 Å². The summed E-state index contributed by atoms with van der Waals surface area (Å²) in [4.78, 5) is 26.2. The number of carbonyl (C=O) groups is 1. The maximum absolute atomic E-state index is 13.1. The summed E-state index contributed by atoms with van der Waals surface area (Å²) < 4.78 is 31.7. The Morgan fingerprint density at radius 2 is 1.91 bits per heavy atom. The molecule has 5 rings (SSSR count). The van der Waals surface area contributed by atoms with E-state index in [0.29, 0.717) is 23.3 Å². The molecule has 0 N–H and O–H groups in total. The smallest absolute Gasteiger partial charge is 0.273 e. The van der Waals surface area contributed by atoms with Gasteiger partial charge in [0, 0.05) is 54.7 Å². The summed E-state index contributed by atoms with van der Waals surface area (Å²) >= 11 is 3.17. The maximum atomic E-state index is 13.1. The Bertz CT molecular complexity index is 991. The second kappa shape index (κ2) is 10.9. The first-order chi connectivity index (χ1) is 16.8. The second-order valence-corrected chi connectivity index (χ2v) is 13.0. The molecule has 2 aromatic heterocycles. The van der Waals surface area contributed by atoms with Crippen LogP contribution in [-0.2, 0) is 24.1 Å². The first-order valence-electron chi connectivity index (χ1n) is 13.0. The van der Waals surface area contributed by atoms with Crippen LogP contribution >= 0.6 is 22.7 Å². The van der Waals surface area contributed by atoms with Gasteiger partial charge in [0.05, 0.1) is 23.2 Å². The van der Waals surface area contributed by atoms with Crippen molar-refractivity contribution in [1.29, 1.82) is 0 Å². The number of carbonyl (C=O) groups excluding carboxylic acids is 1. The summed E-state index contributed by atoms with van der Waals surface area (Å²) in [7, 11) is 0. The van der Waals surface area contributed by atoms with Crippen molar-refractivity contribution in [2.45, 2.75) is 77.1 Å². The monoisotopic (exact) mass is 523 g/mol. The maximum Gasteiger partial charge on any atom is 0.273 e. The zero-order valence-electron chi connectivity index (χ0n) is 20.4. The molecular weight excluding hydrogens is 488 g/mol. The van der Waals surface area contributed by atoms with Crippen molar-refractivity contribution >= 4 is 28.5 Å². The molecule has 1 aliphatic heterocycles. The molecule has 3 aliphatic rings. The number of alkyl halides is 2. The molecule has 2 aromatic rings. The molecule has 9 heteroatoms. The number of aromatic nitrogens is 2. The first kappa shape index (κ1) is 25.2. The summed E-state index contributed by atoms with van der Waals surface area (Å²) in [5.41, 5.74) is 1.09. The molecule has 1 atom stereocenters. The number of Topliss-reactive ketones (excluding diaryl/α,β-unsaturated/α-hetero) is 1. The van der Waals surface area contributed by atoms with Crippen LogP contribution in [0.5, 0.6) is 5.19 Å². The lowest BCUT2D eigenvalue weighted by Crippen LogP contribution is -2.30. The van der Waals surface area contributed by atoms with Gasteiger partial charge < -0.3 is 9.64 Å². The average Bonchev–Trinajstić information content (AvgIpc) is 3.10. The number of aryl methyl sites for hydroxylation is 1. The molecule has 2 aliphatic carbocycles. The Kier molecular flexibility index (Phi) is 7.84. The Hall–Kier alpha value is -1.45. The van der Waals surface area contributed by atoms with Crippen LogP contribution in [-0.4, -0.2) is 52.8 Å². The van der Waals surface area contributed by atoms with Crippen LogP contribution in [0.25, 0.3) is 0 Å². The molecule has 2 saturated carbocycles. The van der Waals surface area contributed by atoms with Gasteiger partial charge >= 0.3 is 0 Å². The van der Waals surface area contributed by atoms with E-state index in [1.165, 1.54) is 48.3 Å². The van der Waals surface area contributed by atoms with Crippen LogP contribution in [0.2, 0.25) is 0 Å². The summed E-state index contributed by atoms with van der Waals surface area (Å²) in [6, 6.07) is 0. The molecule has 35 heavy (non-hydrogen) atoms. The van der Waals surface area contributed by atoms with Gasteiger partial charge in [-0.2, -0.15) is 0 Å². The molecule has 2 fully saturated rings. The Labute approximate surface area is 214 Å². The Morgan fingerprint density at radius 1 is 1.17 bits per heavy atom. The zero-order valence-corrected chi connectivity index (χ0v) is 22.1. The third-order valence-electron chi connectivity index (χ3n) is 7.82. The van der Waals surface area contributed by atoms with E-state index in [1.807, 2.05) is 13.1 Å². The Morgan fingerprint density at radius 3 is 2.63 bits per heavy atom. The quantitative estimate of drug-likeness (QED) is 0.397. The van der Waals surface area contributed by atoms with Crippen molar-refractivity contribution in [2.24, 2.45) is 17.8 Å². The topological polar surface area (TPSA) is 55.3 Å². The van der Waals surface area contributed by atoms with Crippen molar-refractivity contribution in [2.75, 3.05) is 26.2 Å². The summed E-state index contributed by atoms with van der Waals surface area (Å²) in [6.45, 7) is 5.20. The van der Waals surface area contributed by atoms with Gasteiger partial charge in [-0.1, -0.05) is 24.2 Å². The number of rotatable bonds is 10. The van der Waals surface area contributed by atoms with E-state index < -0.39 is 11.8 Å². The summed E-state index contributed by atoms with van der Waals surface area (Å²) in [6.07, 6.45) is 11.0. The SMILES string of the molecule is Cc1ncc(CC(=O)CC2CCC(CCN3CCc4nc(OCC5CC5(F)F)sc4CC3)CC2)s1. The van der Waals surface area contributed by atoms with Crippen LogP contribution < -0.4 is 4.74 Å². The van der Waals surface area contributed by atoms with E-state index in [1.54, 1.807) is 11.3 Å². The van der Waals surface area contributed by atoms with E-state index >= 15 is 0 Å². The molecule has 0 aromatic carbocycles. The van der Waals surface area contributed by atoms with Gasteiger partial charge in [0.1, 0.15) is 5.78 Å². The van der Waals surface area contributed by atoms with Crippen LogP contribution in [0.4, 0.5) is 8.78 Å². The highest BCUT2D eigenvalue weighted by Gasteiger charge is 2.57. The minimum Gasteiger partial charge on any atom is -0.469 e. The highest BCUT2D eigenvalue weighted by atomic mass is 32.1. The number of hydrogen-bond acceptors (Lipinski definition) is 7. The van der Waals surface area contributed by atoms with Crippen molar-refractivity contribution in [3.8, 4) is 5.19 Å². The molecular formula is C26H35F2N3O2S2. The molecule has 3 heterocycles. The van der Waals surface area contributed by atoms with Gasteiger partial charge in [-0.15, -0.1) is 11.3 Å². The van der Waals surface area contributed by atoms with Crippen LogP contribution in [0.15, 0.2) is 6.20 Å². The van der Waals surface area contributed by atoms with Crippen molar-refractivity contribution in [3.63, 3.8) is 0 Å². The molecule has 0 bridgehead atoms. The van der Waals surface area contributed by atoms with E-state index in [0.717, 1.165) is 60.4 Å². The number of ether oxygens (including phenoxy) is 1. The van der Waals surface area contributed by atoms with E-state index in [4.69, 9.17) is 4.74 Å². The van der Waals surface area contributed by atoms with Gasteiger partial charge in [0.2, 0.25) is 0 Å². The highest BCUT2D eigenvalue weighted by molar-refractivity contribution is 7.13. The van der Waals surface area contributed by atoms with Crippen LogP contribution in [0, 0.1) is 24.7 Å². The fourth-order valence-corrected chi connectivity index (χ4v) is 7.23. The molecule has 0 radical (unpaired) electrons. The molecule has 0 spiro atoms. The molecule has 0 amide bonds. The number of hydrogen-bond donors (Lipinski definition) is 0. The number of nitrogens with zero attached hydrogens (tertiary/aromatic N) is 3. The van der Waals surface area contributed by atoms with Gasteiger partial charge in [-0.25, -0.2) is 18.7 Å². The predicted molar refractivity (Wildman–Crippen MR) is 135 cm³/mol. The number of fused-ring (bicyclic) bond motifs is 1. The van der Waals surface area contributed by atoms with E-state index in [9.17, 15) is 13.6 Å². The lowest BCUT2D eigenvalue weighted by atomic mass is 9.78. The number of halogens is 2. The van der Waals surface area contributed by atoms with Crippen molar-refractivity contribution in [1.82, 2.24) is 14.9 Å². The number of thiazole rings is 2.